The smallest absolute Gasteiger partial charge is 0.312 e. The first kappa shape index (κ1) is 8.04. The quantitative estimate of drug-likeness (QED) is 0.701. The molecule has 0 aliphatic heterocycles. The number of anilines is 1. The zero-order valence-corrected chi connectivity index (χ0v) is 7.03. The first-order valence-electron chi connectivity index (χ1n) is 3.70. The van der Waals surface area contributed by atoms with Crippen LogP contribution < -0.4 is 5.73 Å². The monoisotopic (exact) mass is 155 g/mol. The first-order valence-corrected chi connectivity index (χ1v) is 3.70. The third-order valence-electron chi connectivity index (χ3n) is 1.85. The van der Waals surface area contributed by atoms with Crippen LogP contribution in [0.5, 0.6) is 0 Å². The van der Waals surface area contributed by atoms with Gasteiger partial charge in [-0.15, -0.1) is 5.10 Å². The Morgan fingerprint density at radius 3 is 2.27 bits per heavy atom. The number of nitrogens with two attached hydrogens (primary N) is 1. The topological polar surface area (TPSA) is 64.9 Å². The predicted molar refractivity (Wildman–Crippen MR) is 42.0 cm³/mol. The predicted octanol–water partition coefficient (Wildman–Crippen LogP) is 1.41. The van der Waals surface area contributed by atoms with Crippen LogP contribution in [0.2, 0.25) is 0 Å². The highest BCUT2D eigenvalue weighted by Gasteiger charge is 2.15. The highest BCUT2D eigenvalue weighted by molar-refractivity contribution is 5.06. The summed E-state index contributed by atoms with van der Waals surface area (Å²) in [7, 11) is 0. The van der Waals surface area contributed by atoms with Crippen LogP contribution in [-0.2, 0) is 0 Å². The zero-order chi connectivity index (χ0) is 8.43. The lowest BCUT2D eigenvalue weighted by Crippen LogP contribution is -2.01. The van der Waals surface area contributed by atoms with Gasteiger partial charge in [0.1, 0.15) is 0 Å². The standard InChI is InChI=1S/C7H13N3O/c1-4(2)5(3)6-9-10-7(8)11-6/h4-5H,1-3H3,(H2,8,10). The molecule has 0 saturated heterocycles. The van der Waals surface area contributed by atoms with Crippen LogP contribution in [0.25, 0.3) is 0 Å². The van der Waals surface area contributed by atoms with Gasteiger partial charge < -0.3 is 10.2 Å². The molecule has 0 amide bonds. The van der Waals surface area contributed by atoms with Crippen molar-refractivity contribution in [2.45, 2.75) is 26.7 Å². The molecule has 0 radical (unpaired) electrons. The average Bonchev–Trinajstić information content (AvgIpc) is 2.34. The molecule has 0 aliphatic carbocycles. The van der Waals surface area contributed by atoms with Gasteiger partial charge in [0.2, 0.25) is 5.89 Å². The molecule has 1 heterocycles. The molecule has 0 aliphatic rings. The Morgan fingerprint density at radius 2 is 1.91 bits per heavy atom. The number of hydrogen-bond donors (Lipinski definition) is 1. The molecule has 1 aromatic rings. The van der Waals surface area contributed by atoms with Gasteiger partial charge in [-0.2, -0.15) is 0 Å². The van der Waals surface area contributed by atoms with Crippen molar-refractivity contribution in [3.05, 3.63) is 5.89 Å². The summed E-state index contributed by atoms with van der Waals surface area (Å²) < 4.78 is 5.06. The van der Waals surface area contributed by atoms with Gasteiger partial charge in [0.25, 0.3) is 0 Å². The van der Waals surface area contributed by atoms with Gasteiger partial charge in [-0.1, -0.05) is 25.9 Å². The van der Waals surface area contributed by atoms with Crippen molar-refractivity contribution in [1.29, 1.82) is 0 Å². The molecule has 1 aromatic heterocycles. The van der Waals surface area contributed by atoms with E-state index in [4.69, 9.17) is 10.2 Å². The lowest BCUT2D eigenvalue weighted by molar-refractivity contribution is 0.408. The van der Waals surface area contributed by atoms with Gasteiger partial charge in [0, 0.05) is 5.92 Å². The maximum atomic E-state index is 5.28. The molecule has 62 valence electrons. The minimum absolute atomic E-state index is 0.146. The van der Waals surface area contributed by atoms with Crippen molar-refractivity contribution in [3.8, 4) is 0 Å². The molecule has 11 heavy (non-hydrogen) atoms. The van der Waals surface area contributed by atoms with Crippen LogP contribution in [0.3, 0.4) is 0 Å². The molecule has 1 rings (SSSR count). The largest absolute Gasteiger partial charge is 0.408 e. The van der Waals surface area contributed by atoms with E-state index in [9.17, 15) is 0 Å². The van der Waals surface area contributed by atoms with E-state index in [0.29, 0.717) is 11.8 Å². The lowest BCUT2D eigenvalue weighted by atomic mass is 9.98. The van der Waals surface area contributed by atoms with Crippen LogP contribution in [-0.4, -0.2) is 10.2 Å². The van der Waals surface area contributed by atoms with E-state index in [1.54, 1.807) is 0 Å². The molecule has 1 atom stereocenters. The summed E-state index contributed by atoms with van der Waals surface area (Å²) >= 11 is 0. The van der Waals surface area contributed by atoms with Gasteiger partial charge in [-0.05, 0) is 5.92 Å². The van der Waals surface area contributed by atoms with E-state index in [1.165, 1.54) is 0 Å². The molecular weight excluding hydrogens is 142 g/mol. The van der Waals surface area contributed by atoms with Gasteiger partial charge in [-0.3, -0.25) is 0 Å². The van der Waals surface area contributed by atoms with E-state index in [0.717, 1.165) is 0 Å². The normalized spacial score (nSPS) is 13.8. The Hall–Kier alpha value is -1.06. The average molecular weight is 155 g/mol. The molecule has 4 nitrogen and oxygen atoms in total. The van der Waals surface area contributed by atoms with Crippen LogP contribution >= 0.6 is 0 Å². The molecule has 0 spiro atoms. The van der Waals surface area contributed by atoms with E-state index >= 15 is 0 Å². The number of nitrogen functional groups attached to an aromatic ring is 1. The third kappa shape index (κ3) is 1.69. The summed E-state index contributed by atoms with van der Waals surface area (Å²) in [5.74, 6) is 1.40. The summed E-state index contributed by atoms with van der Waals surface area (Å²) in [4.78, 5) is 0. The van der Waals surface area contributed by atoms with Crippen molar-refractivity contribution in [2.24, 2.45) is 5.92 Å². The van der Waals surface area contributed by atoms with Crippen molar-refractivity contribution in [3.63, 3.8) is 0 Å². The summed E-state index contributed by atoms with van der Waals surface area (Å²) in [6.07, 6.45) is 0. The summed E-state index contributed by atoms with van der Waals surface area (Å²) in [6.45, 7) is 6.24. The van der Waals surface area contributed by atoms with E-state index in [-0.39, 0.29) is 11.9 Å². The van der Waals surface area contributed by atoms with Crippen LogP contribution in [0, 0.1) is 5.92 Å². The van der Waals surface area contributed by atoms with Crippen molar-refractivity contribution < 1.29 is 4.42 Å². The summed E-state index contributed by atoms with van der Waals surface area (Å²) in [5.41, 5.74) is 5.28. The van der Waals surface area contributed by atoms with Crippen molar-refractivity contribution in [2.75, 3.05) is 5.73 Å². The Balaban J connectivity index is 2.76. The Labute approximate surface area is 65.8 Å². The fourth-order valence-electron chi connectivity index (χ4n) is 0.716. The molecule has 2 N–H and O–H groups in total. The minimum Gasteiger partial charge on any atom is -0.408 e. The number of rotatable bonds is 2. The SMILES string of the molecule is CC(C)C(C)c1nnc(N)o1. The molecule has 0 bridgehead atoms. The second-order valence-corrected chi connectivity index (χ2v) is 3.01. The molecule has 0 aromatic carbocycles. The Kier molecular flexibility index (Phi) is 2.12. The molecular formula is C7H13N3O. The van der Waals surface area contributed by atoms with Crippen LogP contribution in [0.1, 0.15) is 32.6 Å². The maximum absolute atomic E-state index is 5.28. The minimum atomic E-state index is 0.146. The van der Waals surface area contributed by atoms with Gasteiger partial charge >= 0.3 is 6.01 Å². The van der Waals surface area contributed by atoms with Gasteiger partial charge in [0.15, 0.2) is 0 Å². The fraction of sp³-hybridized carbons (Fsp3) is 0.714. The lowest BCUT2D eigenvalue weighted by Gasteiger charge is -2.08. The summed E-state index contributed by atoms with van der Waals surface area (Å²) in [5, 5.41) is 7.38. The second kappa shape index (κ2) is 2.90. The number of nitrogens with zero attached hydrogens (tertiary/aromatic N) is 2. The summed E-state index contributed by atoms with van der Waals surface area (Å²) in [6, 6.07) is 0.146. The maximum Gasteiger partial charge on any atom is 0.312 e. The molecule has 0 saturated carbocycles. The van der Waals surface area contributed by atoms with Gasteiger partial charge in [0.05, 0.1) is 0 Å². The van der Waals surface area contributed by atoms with Crippen molar-refractivity contribution >= 4 is 6.01 Å². The first-order chi connectivity index (χ1) is 5.11. The van der Waals surface area contributed by atoms with Crippen molar-refractivity contribution in [1.82, 2.24) is 10.2 Å². The number of aromatic nitrogens is 2. The Bertz CT molecular complexity index is 231. The number of hydrogen-bond acceptors (Lipinski definition) is 4. The van der Waals surface area contributed by atoms with E-state index in [2.05, 4.69) is 24.0 Å². The van der Waals surface area contributed by atoms with E-state index in [1.807, 2.05) is 6.92 Å². The van der Waals surface area contributed by atoms with Crippen LogP contribution in [0.15, 0.2) is 4.42 Å². The highest BCUT2D eigenvalue weighted by Crippen LogP contribution is 2.22. The highest BCUT2D eigenvalue weighted by atomic mass is 16.4. The van der Waals surface area contributed by atoms with E-state index < -0.39 is 0 Å². The Morgan fingerprint density at radius 1 is 1.27 bits per heavy atom. The van der Waals surface area contributed by atoms with Crippen LogP contribution in [0.4, 0.5) is 6.01 Å². The second-order valence-electron chi connectivity index (χ2n) is 3.01. The van der Waals surface area contributed by atoms with Gasteiger partial charge in [-0.25, -0.2) is 0 Å². The molecule has 0 fully saturated rings. The fourth-order valence-corrected chi connectivity index (χ4v) is 0.716. The molecule has 4 heteroatoms. The molecule has 1 unspecified atom stereocenters. The zero-order valence-electron chi connectivity index (χ0n) is 7.03. The third-order valence-corrected chi connectivity index (χ3v) is 1.85.